The first-order valence-corrected chi connectivity index (χ1v) is 8.09. The molecule has 4 rings (SSSR count). The van der Waals surface area contributed by atoms with E-state index in [1.165, 1.54) is 5.56 Å². The maximum atomic E-state index is 5.86. The van der Waals surface area contributed by atoms with Crippen molar-refractivity contribution in [2.24, 2.45) is 0 Å². The molecule has 1 unspecified atom stereocenters. The van der Waals surface area contributed by atoms with Crippen molar-refractivity contribution >= 4 is 22.7 Å². The molecule has 3 N–H and O–H groups in total. The smallest absolute Gasteiger partial charge is 0.222 e. The van der Waals surface area contributed by atoms with E-state index in [0.29, 0.717) is 12.6 Å². The Balaban J connectivity index is 1.76. The zero-order valence-corrected chi connectivity index (χ0v) is 13.6. The number of rotatable bonds is 2. The van der Waals surface area contributed by atoms with Crippen LogP contribution >= 0.6 is 0 Å². The highest BCUT2D eigenvalue weighted by atomic mass is 16.5. The minimum atomic E-state index is 0.0838. The SMILES string of the molecule is Cc1cc(N2CCCOCC2c2ccc3[nH]ncc3c2)nc(N)n1. The van der Waals surface area contributed by atoms with Gasteiger partial charge in [-0.25, -0.2) is 4.98 Å². The lowest BCUT2D eigenvalue weighted by Crippen LogP contribution is -2.31. The molecule has 1 fully saturated rings. The van der Waals surface area contributed by atoms with Crippen molar-refractivity contribution in [3.05, 3.63) is 41.7 Å². The zero-order chi connectivity index (χ0) is 16.5. The lowest BCUT2D eigenvalue weighted by Gasteiger charge is -2.31. The summed E-state index contributed by atoms with van der Waals surface area (Å²) in [6.45, 7) is 4.17. The van der Waals surface area contributed by atoms with Crippen LogP contribution in [0.2, 0.25) is 0 Å². The summed E-state index contributed by atoms with van der Waals surface area (Å²) in [7, 11) is 0. The number of nitrogens with zero attached hydrogens (tertiary/aromatic N) is 4. The van der Waals surface area contributed by atoms with Crippen LogP contribution in [0.1, 0.15) is 23.7 Å². The van der Waals surface area contributed by atoms with E-state index in [1.807, 2.05) is 19.2 Å². The molecule has 7 nitrogen and oxygen atoms in total. The molecule has 3 heterocycles. The standard InChI is InChI=1S/C17H20N6O/c1-11-7-16(21-17(18)20-11)23-5-2-6-24-10-15(23)12-3-4-14-13(8-12)9-19-22-14/h3-4,7-9,15H,2,5-6,10H2,1H3,(H,19,22)(H2,18,20,21). The van der Waals surface area contributed by atoms with Crippen molar-refractivity contribution in [2.45, 2.75) is 19.4 Å². The number of aromatic amines is 1. The summed E-state index contributed by atoms with van der Waals surface area (Å²) in [5.41, 5.74) is 8.94. The van der Waals surface area contributed by atoms with Crippen LogP contribution in [-0.2, 0) is 4.74 Å². The predicted molar refractivity (Wildman–Crippen MR) is 92.8 cm³/mol. The Bertz CT molecular complexity index is 841. The van der Waals surface area contributed by atoms with Gasteiger partial charge in [0.25, 0.3) is 0 Å². The molecule has 0 radical (unpaired) electrons. The van der Waals surface area contributed by atoms with E-state index in [0.717, 1.165) is 42.0 Å². The van der Waals surface area contributed by atoms with Crippen molar-refractivity contribution in [1.82, 2.24) is 20.2 Å². The Morgan fingerprint density at radius 2 is 2.21 bits per heavy atom. The van der Waals surface area contributed by atoms with Crippen molar-refractivity contribution in [3.63, 3.8) is 0 Å². The molecular weight excluding hydrogens is 304 g/mol. The van der Waals surface area contributed by atoms with Crippen LogP contribution in [0.3, 0.4) is 0 Å². The molecule has 124 valence electrons. The average molecular weight is 324 g/mol. The third kappa shape index (κ3) is 2.78. The first-order chi connectivity index (χ1) is 11.7. The van der Waals surface area contributed by atoms with Gasteiger partial charge in [0, 0.05) is 30.3 Å². The maximum absolute atomic E-state index is 5.86. The van der Waals surface area contributed by atoms with Gasteiger partial charge in [-0.05, 0) is 31.0 Å². The molecule has 1 saturated heterocycles. The number of nitrogens with one attached hydrogen (secondary N) is 1. The molecule has 1 aliphatic heterocycles. The molecule has 0 saturated carbocycles. The van der Waals surface area contributed by atoms with Gasteiger partial charge in [-0.15, -0.1) is 0 Å². The molecule has 0 aliphatic carbocycles. The fraction of sp³-hybridized carbons (Fsp3) is 0.353. The number of aryl methyl sites for hydroxylation is 1. The van der Waals surface area contributed by atoms with E-state index < -0.39 is 0 Å². The second-order valence-electron chi connectivity index (χ2n) is 6.08. The summed E-state index contributed by atoms with van der Waals surface area (Å²) in [6.07, 6.45) is 2.79. The normalized spacial score (nSPS) is 18.7. The van der Waals surface area contributed by atoms with E-state index in [-0.39, 0.29) is 6.04 Å². The fourth-order valence-electron chi connectivity index (χ4n) is 3.22. The second kappa shape index (κ2) is 6.09. The lowest BCUT2D eigenvalue weighted by atomic mass is 10.0. The molecule has 1 aromatic carbocycles. The summed E-state index contributed by atoms with van der Waals surface area (Å²) >= 11 is 0. The van der Waals surface area contributed by atoms with Crippen LogP contribution in [0.4, 0.5) is 11.8 Å². The van der Waals surface area contributed by atoms with Gasteiger partial charge in [0.15, 0.2) is 0 Å². The molecule has 0 amide bonds. The van der Waals surface area contributed by atoms with Crippen LogP contribution in [0.25, 0.3) is 10.9 Å². The summed E-state index contributed by atoms with van der Waals surface area (Å²) in [5.74, 6) is 1.15. The Kier molecular flexibility index (Phi) is 3.78. The van der Waals surface area contributed by atoms with Gasteiger partial charge in [0.05, 0.1) is 24.4 Å². The van der Waals surface area contributed by atoms with Crippen molar-refractivity contribution in [1.29, 1.82) is 0 Å². The topological polar surface area (TPSA) is 93.0 Å². The monoisotopic (exact) mass is 324 g/mol. The van der Waals surface area contributed by atoms with Crippen molar-refractivity contribution in [2.75, 3.05) is 30.4 Å². The van der Waals surface area contributed by atoms with E-state index in [9.17, 15) is 0 Å². The van der Waals surface area contributed by atoms with Gasteiger partial charge in [-0.1, -0.05) is 6.07 Å². The van der Waals surface area contributed by atoms with Crippen LogP contribution in [0.15, 0.2) is 30.5 Å². The predicted octanol–water partition coefficient (Wildman–Crippen LogP) is 2.21. The van der Waals surface area contributed by atoms with Crippen LogP contribution in [-0.4, -0.2) is 39.9 Å². The van der Waals surface area contributed by atoms with Crippen LogP contribution in [0.5, 0.6) is 0 Å². The highest BCUT2D eigenvalue weighted by molar-refractivity contribution is 5.78. The number of hydrogen-bond acceptors (Lipinski definition) is 6. The number of benzene rings is 1. The van der Waals surface area contributed by atoms with E-state index >= 15 is 0 Å². The number of hydrogen-bond donors (Lipinski definition) is 2. The van der Waals surface area contributed by atoms with Gasteiger partial charge in [0.2, 0.25) is 5.95 Å². The van der Waals surface area contributed by atoms with Gasteiger partial charge in [-0.2, -0.15) is 10.1 Å². The van der Waals surface area contributed by atoms with E-state index in [4.69, 9.17) is 10.5 Å². The highest BCUT2D eigenvalue weighted by Crippen LogP contribution is 2.30. The maximum Gasteiger partial charge on any atom is 0.222 e. The Morgan fingerprint density at radius 1 is 1.29 bits per heavy atom. The van der Waals surface area contributed by atoms with Crippen LogP contribution in [0, 0.1) is 6.92 Å². The van der Waals surface area contributed by atoms with Gasteiger partial charge < -0.3 is 15.4 Å². The minimum absolute atomic E-state index is 0.0838. The number of anilines is 2. The number of nitrogen functional groups attached to an aromatic ring is 1. The molecule has 0 spiro atoms. The van der Waals surface area contributed by atoms with Gasteiger partial charge >= 0.3 is 0 Å². The van der Waals surface area contributed by atoms with Crippen molar-refractivity contribution in [3.8, 4) is 0 Å². The summed E-state index contributed by atoms with van der Waals surface area (Å²) < 4.78 is 5.83. The third-order valence-electron chi connectivity index (χ3n) is 4.34. The summed E-state index contributed by atoms with van der Waals surface area (Å²) in [4.78, 5) is 10.9. The molecule has 24 heavy (non-hydrogen) atoms. The number of aromatic nitrogens is 4. The van der Waals surface area contributed by atoms with E-state index in [2.05, 4.69) is 43.3 Å². The molecule has 7 heteroatoms. The molecule has 2 aromatic heterocycles. The Labute approximate surface area is 139 Å². The third-order valence-corrected chi connectivity index (χ3v) is 4.34. The first-order valence-electron chi connectivity index (χ1n) is 8.09. The van der Waals surface area contributed by atoms with Gasteiger partial charge in [0.1, 0.15) is 5.82 Å². The largest absolute Gasteiger partial charge is 0.379 e. The summed E-state index contributed by atoms with van der Waals surface area (Å²) in [5, 5.41) is 8.18. The highest BCUT2D eigenvalue weighted by Gasteiger charge is 2.25. The minimum Gasteiger partial charge on any atom is -0.379 e. The number of nitrogens with two attached hydrogens (primary N) is 1. The van der Waals surface area contributed by atoms with Crippen molar-refractivity contribution < 1.29 is 4.74 Å². The average Bonchev–Trinajstić information content (AvgIpc) is 2.88. The molecule has 1 aliphatic rings. The first kappa shape index (κ1) is 14.9. The Hall–Kier alpha value is -2.67. The zero-order valence-electron chi connectivity index (χ0n) is 13.6. The molecular formula is C17H20N6O. The number of ether oxygens (including phenoxy) is 1. The van der Waals surface area contributed by atoms with Crippen LogP contribution < -0.4 is 10.6 Å². The Morgan fingerprint density at radius 3 is 3.08 bits per heavy atom. The number of H-pyrrole nitrogens is 1. The summed E-state index contributed by atoms with van der Waals surface area (Å²) in [6, 6.07) is 8.39. The molecule has 1 atom stereocenters. The lowest BCUT2D eigenvalue weighted by molar-refractivity contribution is 0.134. The molecule has 0 bridgehead atoms. The number of fused-ring (bicyclic) bond motifs is 1. The quantitative estimate of drug-likeness (QED) is 0.751. The molecule has 3 aromatic rings. The van der Waals surface area contributed by atoms with Gasteiger partial charge in [-0.3, -0.25) is 5.10 Å². The van der Waals surface area contributed by atoms with E-state index in [1.54, 1.807) is 0 Å². The fourth-order valence-corrected chi connectivity index (χ4v) is 3.22. The second-order valence-corrected chi connectivity index (χ2v) is 6.08.